The van der Waals surface area contributed by atoms with Crippen molar-refractivity contribution in [3.8, 4) is 5.75 Å². The number of benzene rings is 2. The minimum absolute atomic E-state index is 0.185. The lowest BCUT2D eigenvalue weighted by atomic mass is 9.91. The van der Waals surface area contributed by atoms with E-state index >= 15 is 0 Å². The monoisotopic (exact) mass is 356 g/mol. The first-order valence-electron chi connectivity index (χ1n) is 8.90. The van der Waals surface area contributed by atoms with E-state index < -0.39 is 11.9 Å². The van der Waals surface area contributed by atoms with Crippen LogP contribution in [0.2, 0.25) is 0 Å². The maximum absolute atomic E-state index is 12.3. The van der Waals surface area contributed by atoms with Crippen LogP contribution in [0.3, 0.4) is 0 Å². The lowest BCUT2D eigenvalue weighted by Crippen LogP contribution is -2.50. The SMILES string of the molecule is CC1CC(C(=O)O)CN(C(=O)NCCOc2ccc3ccccc3c2)C1. The first-order valence-corrected chi connectivity index (χ1v) is 8.90. The molecule has 0 bridgehead atoms. The number of carbonyl (C=O) groups is 2. The lowest BCUT2D eigenvalue weighted by molar-refractivity contribution is -0.143. The van der Waals surface area contributed by atoms with E-state index in [0.717, 1.165) is 16.5 Å². The van der Waals surface area contributed by atoms with Crippen molar-refractivity contribution in [1.29, 1.82) is 0 Å². The van der Waals surface area contributed by atoms with Crippen LogP contribution in [0, 0.1) is 11.8 Å². The second-order valence-corrected chi connectivity index (χ2v) is 6.87. The van der Waals surface area contributed by atoms with Crippen LogP contribution in [0.15, 0.2) is 42.5 Å². The van der Waals surface area contributed by atoms with Crippen LogP contribution >= 0.6 is 0 Å². The number of hydrogen-bond acceptors (Lipinski definition) is 3. The van der Waals surface area contributed by atoms with E-state index in [9.17, 15) is 14.7 Å². The molecule has 2 N–H and O–H groups in total. The van der Waals surface area contributed by atoms with Crippen LogP contribution in [0.4, 0.5) is 4.79 Å². The van der Waals surface area contributed by atoms with Gasteiger partial charge in [-0.2, -0.15) is 0 Å². The number of nitrogens with zero attached hydrogens (tertiary/aromatic N) is 1. The van der Waals surface area contributed by atoms with Gasteiger partial charge >= 0.3 is 12.0 Å². The summed E-state index contributed by atoms with van der Waals surface area (Å²) in [6, 6.07) is 13.7. The van der Waals surface area contributed by atoms with Crippen LogP contribution in [0.5, 0.6) is 5.75 Å². The summed E-state index contributed by atoms with van der Waals surface area (Å²) in [5.41, 5.74) is 0. The molecule has 1 saturated heterocycles. The number of carbonyl (C=O) groups excluding carboxylic acids is 1. The summed E-state index contributed by atoms with van der Waals surface area (Å²) in [7, 11) is 0. The van der Waals surface area contributed by atoms with E-state index in [4.69, 9.17) is 4.74 Å². The van der Waals surface area contributed by atoms with Gasteiger partial charge in [-0.15, -0.1) is 0 Å². The summed E-state index contributed by atoms with van der Waals surface area (Å²) in [6.45, 7) is 3.54. The Bertz CT molecular complexity index is 792. The fourth-order valence-electron chi connectivity index (χ4n) is 3.39. The Kier molecular flexibility index (Phi) is 5.61. The fourth-order valence-corrected chi connectivity index (χ4v) is 3.39. The third kappa shape index (κ3) is 4.45. The van der Waals surface area contributed by atoms with Crippen molar-refractivity contribution in [2.45, 2.75) is 13.3 Å². The molecule has 2 aromatic carbocycles. The maximum Gasteiger partial charge on any atom is 0.317 e. The number of piperidine rings is 1. The molecular formula is C20H24N2O4. The van der Waals surface area contributed by atoms with Gasteiger partial charge in [-0.25, -0.2) is 4.79 Å². The van der Waals surface area contributed by atoms with Crippen molar-refractivity contribution in [2.75, 3.05) is 26.2 Å². The van der Waals surface area contributed by atoms with Crippen LogP contribution in [-0.4, -0.2) is 48.2 Å². The molecule has 2 unspecified atom stereocenters. The fraction of sp³-hybridized carbons (Fsp3) is 0.400. The maximum atomic E-state index is 12.3. The van der Waals surface area contributed by atoms with E-state index in [1.165, 1.54) is 0 Å². The predicted molar refractivity (Wildman–Crippen MR) is 99.3 cm³/mol. The third-order valence-corrected chi connectivity index (χ3v) is 4.66. The number of amides is 2. The molecule has 2 amide bonds. The molecule has 1 heterocycles. The Morgan fingerprint density at radius 1 is 1.19 bits per heavy atom. The highest BCUT2D eigenvalue weighted by molar-refractivity contribution is 5.83. The zero-order chi connectivity index (χ0) is 18.5. The molecule has 2 atom stereocenters. The van der Waals surface area contributed by atoms with Gasteiger partial charge in [0.2, 0.25) is 0 Å². The molecule has 6 nitrogen and oxygen atoms in total. The van der Waals surface area contributed by atoms with E-state index in [2.05, 4.69) is 5.32 Å². The average molecular weight is 356 g/mol. The highest BCUT2D eigenvalue weighted by atomic mass is 16.5. The normalized spacial score (nSPS) is 20.0. The van der Waals surface area contributed by atoms with Gasteiger partial charge in [0.05, 0.1) is 12.5 Å². The molecule has 1 fully saturated rings. The highest BCUT2D eigenvalue weighted by Crippen LogP contribution is 2.22. The number of rotatable bonds is 5. The molecule has 6 heteroatoms. The van der Waals surface area contributed by atoms with E-state index in [1.54, 1.807) is 4.90 Å². The second kappa shape index (κ2) is 8.08. The van der Waals surface area contributed by atoms with Crippen molar-refractivity contribution >= 4 is 22.8 Å². The van der Waals surface area contributed by atoms with Crippen molar-refractivity contribution in [1.82, 2.24) is 10.2 Å². The lowest BCUT2D eigenvalue weighted by Gasteiger charge is -2.34. The number of aliphatic carboxylic acids is 1. The molecule has 26 heavy (non-hydrogen) atoms. The Hall–Kier alpha value is -2.76. The highest BCUT2D eigenvalue weighted by Gasteiger charge is 2.31. The van der Waals surface area contributed by atoms with Gasteiger partial charge in [0, 0.05) is 13.1 Å². The van der Waals surface area contributed by atoms with Crippen molar-refractivity contribution in [3.63, 3.8) is 0 Å². The Morgan fingerprint density at radius 2 is 1.96 bits per heavy atom. The van der Waals surface area contributed by atoms with Crippen molar-refractivity contribution in [2.24, 2.45) is 11.8 Å². The number of likely N-dealkylation sites (tertiary alicyclic amines) is 1. The van der Waals surface area contributed by atoms with Gasteiger partial charge in [-0.3, -0.25) is 4.79 Å². The van der Waals surface area contributed by atoms with Gasteiger partial charge < -0.3 is 20.1 Å². The molecule has 3 rings (SSSR count). The van der Waals surface area contributed by atoms with Gasteiger partial charge in [-0.05, 0) is 35.2 Å². The molecule has 0 aliphatic carbocycles. The van der Waals surface area contributed by atoms with E-state index in [1.807, 2.05) is 49.4 Å². The number of nitrogens with one attached hydrogen (secondary N) is 1. The van der Waals surface area contributed by atoms with Crippen LogP contribution in [0.1, 0.15) is 13.3 Å². The zero-order valence-electron chi connectivity index (χ0n) is 14.9. The Labute approximate surface area is 152 Å². The predicted octanol–water partition coefficient (Wildman–Crippen LogP) is 2.97. The number of fused-ring (bicyclic) bond motifs is 1. The quantitative estimate of drug-likeness (QED) is 0.808. The second-order valence-electron chi connectivity index (χ2n) is 6.87. The van der Waals surface area contributed by atoms with E-state index in [0.29, 0.717) is 26.1 Å². The first-order chi connectivity index (χ1) is 12.5. The number of hydrogen-bond donors (Lipinski definition) is 2. The number of carboxylic acid groups (broad SMARTS) is 1. The largest absolute Gasteiger partial charge is 0.492 e. The van der Waals surface area contributed by atoms with Crippen LogP contribution < -0.4 is 10.1 Å². The number of carboxylic acids is 1. The van der Waals surface area contributed by atoms with E-state index in [-0.39, 0.29) is 18.5 Å². The Balaban J connectivity index is 1.46. The van der Waals surface area contributed by atoms with Crippen molar-refractivity contribution in [3.05, 3.63) is 42.5 Å². The summed E-state index contributed by atoms with van der Waals surface area (Å²) >= 11 is 0. The number of ether oxygens (including phenoxy) is 1. The smallest absolute Gasteiger partial charge is 0.317 e. The molecular weight excluding hydrogens is 332 g/mol. The summed E-state index contributed by atoms with van der Waals surface area (Å²) in [5, 5.41) is 14.3. The minimum atomic E-state index is -0.839. The first kappa shape index (κ1) is 18.0. The molecule has 0 saturated carbocycles. The summed E-state index contributed by atoms with van der Waals surface area (Å²) < 4.78 is 5.70. The molecule has 138 valence electrons. The minimum Gasteiger partial charge on any atom is -0.492 e. The summed E-state index contributed by atoms with van der Waals surface area (Å²) in [5.74, 6) is -0.382. The average Bonchev–Trinajstić information content (AvgIpc) is 2.64. The van der Waals surface area contributed by atoms with Crippen molar-refractivity contribution < 1.29 is 19.4 Å². The van der Waals surface area contributed by atoms with Crippen LogP contribution in [-0.2, 0) is 4.79 Å². The molecule has 1 aliphatic rings. The molecule has 0 aromatic heterocycles. The molecule has 0 spiro atoms. The standard InChI is InChI=1S/C20H24N2O4/c1-14-10-17(19(23)24)13-22(12-14)20(25)21-8-9-26-18-7-6-15-4-2-3-5-16(15)11-18/h2-7,11,14,17H,8-10,12-13H2,1H3,(H,21,25)(H,23,24). The number of urea groups is 1. The topological polar surface area (TPSA) is 78.9 Å². The molecule has 1 aliphatic heterocycles. The summed E-state index contributed by atoms with van der Waals surface area (Å²) in [6.07, 6.45) is 0.615. The zero-order valence-corrected chi connectivity index (χ0v) is 14.9. The van der Waals surface area contributed by atoms with Crippen LogP contribution in [0.25, 0.3) is 10.8 Å². The summed E-state index contributed by atoms with van der Waals surface area (Å²) in [4.78, 5) is 25.1. The Morgan fingerprint density at radius 3 is 2.73 bits per heavy atom. The third-order valence-electron chi connectivity index (χ3n) is 4.66. The molecule has 2 aromatic rings. The molecule has 0 radical (unpaired) electrons. The van der Waals surface area contributed by atoms with Gasteiger partial charge in [0.15, 0.2) is 0 Å². The van der Waals surface area contributed by atoms with Gasteiger partial charge in [-0.1, -0.05) is 37.3 Å². The van der Waals surface area contributed by atoms with Gasteiger partial charge in [0.1, 0.15) is 12.4 Å². The van der Waals surface area contributed by atoms with Gasteiger partial charge in [0.25, 0.3) is 0 Å².